The lowest BCUT2D eigenvalue weighted by Gasteiger charge is -2.36. The Bertz CT molecular complexity index is 569. The van der Waals surface area contributed by atoms with Gasteiger partial charge in [0, 0.05) is 52.6 Å². The fourth-order valence-corrected chi connectivity index (χ4v) is 3.51. The van der Waals surface area contributed by atoms with Crippen LogP contribution in [0, 0.1) is 0 Å². The van der Waals surface area contributed by atoms with Crippen LogP contribution in [0.1, 0.15) is 12.0 Å². The average Bonchev–Trinajstić information content (AvgIpc) is 3.11. The number of nitrogens with one attached hydrogen (secondary N) is 1. The Hall–Kier alpha value is -1.70. The van der Waals surface area contributed by atoms with Gasteiger partial charge >= 0.3 is 0 Å². The Morgan fingerprint density at radius 1 is 1.32 bits per heavy atom. The first-order valence-corrected chi connectivity index (χ1v) is 8.96. The molecule has 2 aliphatic rings. The van der Waals surface area contributed by atoms with Crippen LogP contribution in [0.3, 0.4) is 0 Å². The SMILES string of the molecule is CO[C@@H]1CN[C@@H](C(=O)N2CCN(c3ccc(CN(C)C)cn3)CC2)C1. The van der Waals surface area contributed by atoms with E-state index in [0.29, 0.717) is 0 Å². The summed E-state index contributed by atoms with van der Waals surface area (Å²) in [6.07, 6.45) is 2.87. The third-order valence-corrected chi connectivity index (χ3v) is 4.95. The highest BCUT2D eigenvalue weighted by Gasteiger charge is 2.33. The minimum absolute atomic E-state index is 0.0973. The minimum atomic E-state index is -0.0973. The lowest BCUT2D eigenvalue weighted by molar-refractivity contribution is -0.133. The number of hydrogen-bond acceptors (Lipinski definition) is 6. The zero-order valence-corrected chi connectivity index (χ0v) is 15.4. The molecule has 0 bridgehead atoms. The van der Waals surface area contributed by atoms with Crippen LogP contribution in [0.5, 0.6) is 0 Å². The van der Waals surface area contributed by atoms with E-state index >= 15 is 0 Å². The first-order valence-electron chi connectivity index (χ1n) is 8.96. The van der Waals surface area contributed by atoms with Gasteiger partial charge in [0.15, 0.2) is 0 Å². The Morgan fingerprint density at radius 3 is 2.64 bits per heavy atom. The van der Waals surface area contributed by atoms with Gasteiger partial charge in [-0.1, -0.05) is 6.07 Å². The predicted molar refractivity (Wildman–Crippen MR) is 97.6 cm³/mol. The van der Waals surface area contributed by atoms with Crippen LogP contribution in [0.2, 0.25) is 0 Å². The number of ether oxygens (including phenoxy) is 1. The van der Waals surface area contributed by atoms with Gasteiger partial charge < -0.3 is 24.8 Å². The van der Waals surface area contributed by atoms with Gasteiger partial charge in [-0.25, -0.2) is 4.98 Å². The number of amides is 1. The maximum absolute atomic E-state index is 12.6. The van der Waals surface area contributed by atoms with E-state index in [-0.39, 0.29) is 18.1 Å². The molecule has 3 heterocycles. The molecule has 0 saturated carbocycles. The molecule has 1 aromatic rings. The van der Waals surface area contributed by atoms with Gasteiger partial charge in [0.1, 0.15) is 5.82 Å². The van der Waals surface area contributed by atoms with E-state index < -0.39 is 0 Å². The molecule has 2 fully saturated rings. The number of anilines is 1. The van der Waals surface area contributed by atoms with Gasteiger partial charge in [-0.3, -0.25) is 4.79 Å². The van der Waals surface area contributed by atoms with Crippen LogP contribution in [0.4, 0.5) is 5.82 Å². The zero-order chi connectivity index (χ0) is 17.8. The molecule has 138 valence electrons. The molecule has 0 radical (unpaired) electrons. The average molecular weight is 347 g/mol. The van der Waals surface area contributed by atoms with E-state index in [1.54, 1.807) is 7.11 Å². The molecular weight excluding hydrogens is 318 g/mol. The number of piperazine rings is 1. The highest BCUT2D eigenvalue weighted by molar-refractivity contribution is 5.82. The molecule has 2 atom stereocenters. The van der Waals surface area contributed by atoms with E-state index in [1.807, 2.05) is 11.1 Å². The topological polar surface area (TPSA) is 60.9 Å². The Morgan fingerprint density at radius 2 is 2.08 bits per heavy atom. The van der Waals surface area contributed by atoms with E-state index in [4.69, 9.17) is 4.74 Å². The van der Waals surface area contributed by atoms with Gasteiger partial charge in [-0.2, -0.15) is 0 Å². The highest BCUT2D eigenvalue weighted by Crippen LogP contribution is 2.17. The third kappa shape index (κ3) is 4.48. The summed E-state index contributed by atoms with van der Waals surface area (Å²) in [5.74, 6) is 1.20. The van der Waals surface area contributed by atoms with Gasteiger partial charge in [0.25, 0.3) is 0 Å². The summed E-state index contributed by atoms with van der Waals surface area (Å²) in [5, 5.41) is 3.27. The summed E-state index contributed by atoms with van der Waals surface area (Å²) in [5.41, 5.74) is 1.21. The monoisotopic (exact) mass is 347 g/mol. The van der Waals surface area contributed by atoms with Crippen molar-refractivity contribution < 1.29 is 9.53 Å². The lowest BCUT2D eigenvalue weighted by atomic mass is 10.1. The fourth-order valence-electron chi connectivity index (χ4n) is 3.51. The molecule has 25 heavy (non-hydrogen) atoms. The molecule has 7 nitrogen and oxygen atoms in total. The normalized spacial score (nSPS) is 24.2. The molecule has 0 unspecified atom stereocenters. The number of aromatic nitrogens is 1. The first kappa shape index (κ1) is 18.1. The highest BCUT2D eigenvalue weighted by atomic mass is 16.5. The van der Waals surface area contributed by atoms with Crippen molar-refractivity contribution in [2.75, 3.05) is 58.8 Å². The van der Waals surface area contributed by atoms with Crippen LogP contribution >= 0.6 is 0 Å². The number of pyridine rings is 1. The Labute approximate surface area is 149 Å². The second-order valence-corrected chi connectivity index (χ2v) is 7.13. The smallest absolute Gasteiger partial charge is 0.239 e. The molecule has 0 aliphatic carbocycles. The van der Waals surface area contributed by atoms with Crippen molar-refractivity contribution >= 4 is 11.7 Å². The van der Waals surface area contributed by atoms with Crippen LogP contribution in [0.25, 0.3) is 0 Å². The van der Waals surface area contributed by atoms with E-state index in [9.17, 15) is 4.79 Å². The van der Waals surface area contributed by atoms with Crippen molar-refractivity contribution in [3.63, 3.8) is 0 Å². The molecule has 1 aromatic heterocycles. The second kappa shape index (κ2) is 8.12. The van der Waals surface area contributed by atoms with Crippen LogP contribution < -0.4 is 10.2 Å². The van der Waals surface area contributed by atoms with Gasteiger partial charge in [-0.15, -0.1) is 0 Å². The van der Waals surface area contributed by atoms with Crippen molar-refractivity contribution in [3.8, 4) is 0 Å². The van der Waals surface area contributed by atoms with Crippen molar-refractivity contribution in [2.45, 2.75) is 25.1 Å². The second-order valence-electron chi connectivity index (χ2n) is 7.13. The van der Waals surface area contributed by atoms with Crippen LogP contribution in [-0.4, -0.2) is 86.8 Å². The summed E-state index contributed by atoms with van der Waals surface area (Å²) >= 11 is 0. The molecule has 0 spiro atoms. The Kier molecular flexibility index (Phi) is 5.88. The molecule has 2 saturated heterocycles. The van der Waals surface area contributed by atoms with Gasteiger partial charge in [0.05, 0.1) is 12.1 Å². The fraction of sp³-hybridized carbons (Fsp3) is 0.667. The molecule has 3 rings (SSSR count). The van der Waals surface area contributed by atoms with Crippen LogP contribution in [-0.2, 0) is 16.1 Å². The molecule has 1 amide bonds. The number of hydrogen-bond donors (Lipinski definition) is 1. The number of rotatable bonds is 5. The Balaban J connectivity index is 1.50. The summed E-state index contributed by atoms with van der Waals surface area (Å²) in [4.78, 5) is 23.6. The lowest BCUT2D eigenvalue weighted by Crippen LogP contribution is -2.53. The van der Waals surface area contributed by atoms with E-state index in [0.717, 1.165) is 51.5 Å². The third-order valence-electron chi connectivity index (χ3n) is 4.95. The minimum Gasteiger partial charge on any atom is -0.380 e. The maximum atomic E-state index is 12.6. The van der Waals surface area contributed by atoms with Gasteiger partial charge in [-0.05, 0) is 32.1 Å². The summed E-state index contributed by atoms with van der Waals surface area (Å²) in [6, 6.07) is 4.12. The summed E-state index contributed by atoms with van der Waals surface area (Å²) in [6.45, 7) is 4.80. The predicted octanol–water partition coefficient (Wildman–Crippen LogP) is 0.169. The molecular formula is C18H29N5O2. The molecule has 1 N–H and O–H groups in total. The molecule has 0 aromatic carbocycles. The number of carbonyl (C=O) groups is 1. The van der Waals surface area contributed by atoms with Crippen LogP contribution in [0.15, 0.2) is 18.3 Å². The molecule has 7 heteroatoms. The first-order chi connectivity index (χ1) is 12.1. The van der Waals surface area contributed by atoms with Gasteiger partial charge in [0.2, 0.25) is 5.91 Å². The van der Waals surface area contributed by atoms with Crippen molar-refractivity contribution in [1.82, 2.24) is 20.1 Å². The summed E-state index contributed by atoms with van der Waals surface area (Å²) in [7, 11) is 5.81. The van der Waals surface area contributed by atoms with Crippen molar-refractivity contribution in [2.24, 2.45) is 0 Å². The van der Waals surface area contributed by atoms with Crippen molar-refractivity contribution in [3.05, 3.63) is 23.9 Å². The standard InChI is InChI=1S/C18H29N5O2/c1-21(2)13-14-4-5-17(20-11-14)22-6-8-23(9-7-22)18(24)16-10-15(25-3)12-19-16/h4-5,11,15-16,19H,6-10,12-13H2,1-3H3/t15-,16+/m0/s1. The largest absolute Gasteiger partial charge is 0.380 e. The zero-order valence-electron chi connectivity index (χ0n) is 15.4. The quantitative estimate of drug-likeness (QED) is 0.819. The number of carbonyl (C=O) groups excluding carboxylic acids is 1. The molecule has 2 aliphatic heterocycles. The number of methoxy groups -OCH3 is 1. The summed E-state index contributed by atoms with van der Waals surface area (Å²) < 4.78 is 5.33. The van der Waals surface area contributed by atoms with E-state index in [2.05, 4.69) is 46.3 Å². The van der Waals surface area contributed by atoms with E-state index in [1.165, 1.54) is 5.56 Å². The number of nitrogens with zero attached hydrogens (tertiary/aromatic N) is 4. The van der Waals surface area contributed by atoms with Crippen molar-refractivity contribution in [1.29, 1.82) is 0 Å². The maximum Gasteiger partial charge on any atom is 0.239 e.